The van der Waals surface area contributed by atoms with Crippen LogP contribution in [-0.4, -0.2) is 20.9 Å². The molecule has 1 aliphatic heterocycles. The molecule has 0 unspecified atom stereocenters. The first kappa shape index (κ1) is 11.0. The topological polar surface area (TPSA) is 53.3 Å². The lowest BCUT2D eigenvalue weighted by Gasteiger charge is -1.98. The molecular weight excluding hydrogens is 246 g/mol. The van der Waals surface area contributed by atoms with E-state index in [1.54, 1.807) is 13.3 Å². The number of rotatable bonds is 1. The molecule has 0 aliphatic carbocycles. The van der Waals surface area contributed by atoms with Crippen LogP contribution in [0.4, 0.5) is 5.69 Å². The third kappa shape index (κ3) is 1.60. The van der Waals surface area contributed by atoms with Gasteiger partial charge in [0.2, 0.25) is 5.88 Å². The maximum absolute atomic E-state index is 9.90. The van der Waals surface area contributed by atoms with Crippen molar-refractivity contribution in [3.8, 4) is 5.88 Å². The van der Waals surface area contributed by atoms with Gasteiger partial charge in [-0.25, -0.2) is 0 Å². The lowest BCUT2D eigenvalue weighted by Crippen LogP contribution is -1.85. The first-order valence-electron chi connectivity index (χ1n) is 5.50. The molecule has 0 bridgehead atoms. The van der Waals surface area contributed by atoms with Crippen LogP contribution in [0.1, 0.15) is 11.3 Å². The Morgan fingerprint density at radius 1 is 1.39 bits per heavy atom. The van der Waals surface area contributed by atoms with Crippen LogP contribution in [-0.2, 0) is 7.05 Å². The predicted octanol–water partition coefficient (Wildman–Crippen LogP) is 3.04. The predicted molar refractivity (Wildman–Crippen MR) is 74.7 cm³/mol. The Hall–Kier alpha value is -2.14. The van der Waals surface area contributed by atoms with Crippen molar-refractivity contribution in [1.82, 2.24) is 9.55 Å². The van der Waals surface area contributed by atoms with Crippen LogP contribution in [0.2, 0.25) is 0 Å². The molecule has 0 amide bonds. The second-order valence-electron chi connectivity index (χ2n) is 4.10. The number of aromatic hydroxyl groups is 1. The van der Waals surface area contributed by atoms with E-state index < -0.39 is 0 Å². The molecule has 0 radical (unpaired) electrons. The number of nitrogens with zero attached hydrogens (tertiary/aromatic N) is 2. The van der Waals surface area contributed by atoms with Crippen LogP contribution < -0.4 is 0 Å². The second-order valence-corrected chi connectivity index (χ2v) is 4.49. The van der Waals surface area contributed by atoms with Crippen LogP contribution in [0.3, 0.4) is 0 Å². The van der Waals surface area contributed by atoms with Crippen molar-refractivity contribution in [3.63, 3.8) is 0 Å². The number of aromatic amines is 1. The first-order chi connectivity index (χ1) is 8.66. The molecule has 1 aromatic carbocycles. The monoisotopic (exact) mass is 257 g/mol. The fourth-order valence-electron chi connectivity index (χ4n) is 1.94. The largest absolute Gasteiger partial charge is 0.493 e. The van der Waals surface area contributed by atoms with Gasteiger partial charge in [0.1, 0.15) is 5.69 Å². The summed E-state index contributed by atoms with van der Waals surface area (Å²) < 4.78 is 2.02. The number of nitrogens with one attached hydrogen (secondary N) is 1. The average molecular weight is 257 g/mol. The number of H-pyrrole nitrogens is 1. The summed E-state index contributed by atoms with van der Waals surface area (Å²) in [4.78, 5) is 7.27. The maximum Gasteiger partial charge on any atom is 0.217 e. The van der Waals surface area contributed by atoms with Crippen LogP contribution >= 0.6 is 12.2 Å². The van der Waals surface area contributed by atoms with Gasteiger partial charge in [-0.2, -0.15) is 0 Å². The number of hydrogen-bond donors (Lipinski definition) is 2. The average Bonchev–Trinajstić information content (AvgIpc) is 2.89. The molecule has 90 valence electrons. The molecule has 1 aromatic heterocycles. The molecule has 2 aromatic rings. The number of para-hydroxylation sites is 1. The molecule has 3 rings (SSSR count). The molecule has 5 heteroatoms. The number of hydrogen-bond acceptors (Lipinski definition) is 3. The van der Waals surface area contributed by atoms with Crippen molar-refractivity contribution in [1.29, 1.82) is 0 Å². The smallest absolute Gasteiger partial charge is 0.217 e. The van der Waals surface area contributed by atoms with Crippen LogP contribution in [0, 0.1) is 4.77 Å². The van der Waals surface area contributed by atoms with E-state index in [2.05, 4.69) is 9.98 Å². The van der Waals surface area contributed by atoms with Crippen LogP contribution in [0.5, 0.6) is 5.88 Å². The molecule has 18 heavy (non-hydrogen) atoms. The summed E-state index contributed by atoms with van der Waals surface area (Å²) in [6.07, 6.45) is 3.63. The minimum absolute atomic E-state index is 0.130. The van der Waals surface area contributed by atoms with Gasteiger partial charge in [-0.3, -0.25) is 9.56 Å². The van der Waals surface area contributed by atoms with Gasteiger partial charge >= 0.3 is 0 Å². The maximum atomic E-state index is 9.90. The van der Waals surface area contributed by atoms with Crippen molar-refractivity contribution in [2.75, 3.05) is 0 Å². The van der Waals surface area contributed by atoms with E-state index in [9.17, 15) is 5.11 Å². The normalized spacial score (nSPS) is 15.3. The SMILES string of the molecule is Cn1c(O)c(C=C2C=Nc3ccccc32)[nH]c1=S. The molecule has 2 heterocycles. The molecular formula is C13H11N3OS. The van der Waals surface area contributed by atoms with Crippen LogP contribution in [0.15, 0.2) is 29.3 Å². The van der Waals surface area contributed by atoms with Crippen molar-refractivity contribution in [2.24, 2.45) is 12.0 Å². The second kappa shape index (κ2) is 3.96. The van der Waals surface area contributed by atoms with Gasteiger partial charge < -0.3 is 10.1 Å². The van der Waals surface area contributed by atoms with E-state index in [4.69, 9.17) is 12.2 Å². The van der Waals surface area contributed by atoms with Gasteiger partial charge in [0.15, 0.2) is 4.77 Å². The number of aromatic nitrogens is 2. The van der Waals surface area contributed by atoms with E-state index in [-0.39, 0.29) is 5.88 Å². The van der Waals surface area contributed by atoms with Crippen molar-refractivity contribution >= 4 is 35.8 Å². The molecule has 0 saturated carbocycles. The standard InChI is InChI=1S/C13H11N3OS/c1-16-12(17)11(15-13(16)18)6-8-7-14-10-5-3-2-4-9(8)10/h2-7,17H,1H3,(H,15,18). The Bertz CT molecular complexity index is 737. The zero-order chi connectivity index (χ0) is 12.7. The Morgan fingerprint density at radius 2 is 2.17 bits per heavy atom. The number of aliphatic imine (C=N–C) groups is 1. The summed E-state index contributed by atoms with van der Waals surface area (Å²) in [6, 6.07) is 7.88. The van der Waals surface area contributed by atoms with Gasteiger partial charge in [-0.15, -0.1) is 0 Å². The highest BCUT2D eigenvalue weighted by molar-refractivity contribution is 7.71. The zero-order valence-corrected chi connectivity index (χ0v) is 10.5. The number of benzene rings is 1. The highest BCUT2D eigenvalue weighted by atomic mass is 32.1. The van der Waals surface area contributed by atoms with Crippen molar-refractivity contribution in [3.05, 3.63) is 40.3 Å². The highest BCUT2D eigenvalue weighted by Crippen LogP contribution is 2.33. The molecule has 0 saturated heterocycles. The number of imidazole rings is 1. The van der Waals surface area contributed by atoms with E-state index in [0.29, 0.717) is 10.5 Å². The molecule has 2 N–H and O–H groups in total. The van der Waals surface area contributed by atoms with Gasteiger partial charge in [-0.1, -0.05) is 18.2 Å². The van der Waals surface area contributed by atoms with E-state index in [1.807, 2.05) is 30.3 Å². The summed E-state index contributed by atoms with van der Waals surface area (Å²) in [5.74, 6) is 0.130. The minimum Gasteiger partial charge on any atom is -0.493 e. The summed E-state index contributed by atoms with van der Waals surface area (Å²) in [5, 5.41) is 9.90. The quantitative estimate of drug-likeness (QED) is 0.771. The van der Waals surface area contributed by atoms with Gasteiger partial charge in [0, 0.05) is 24.4 Å². The van der Waals surface area contributed by atoms with Crippen molar-refractivity contribution < 1.29 is 5.11 Å². The van der Waals surface area contributed by atoms with Crippen molar-refractivity contribution in [2.45, 2.75) is 0 Å². The van der Waals surface area contributed by atoms with Gasteiger partial charge in [0.05, 0.1) is 5.69 Å². The minimum atomic E-state index is 0.130. The first-order valence-corrected chi connectivity index (χ1v) is 5.91. The lowest BCUT2D eigenvalue weighted by atomic mass is 10.1. The highest BCUT2D eigenvalue weighted by Gasteiger charge is 2.13. The number of allylic oxidation sites excluding steroid dienone is 1. The van der Waals surface area contributed by atoms with E-state index in [0.717, 1.165) is 16.8 Å². The zero-order valence-electron chi connectivity index (χ0n) is 9.71. The van der Waals surface area contributed by atoms with E-state index >= 15 is 0 Å². The molecule has 0 atom stereocenters. The molecule has 0 fully saturated rings. The van der Waals surface area contributed by atoms with Crippen LogP contribution in [0.25, 0.3) is 11.6 Å². The fraction of sp³-hybridized carbons (Fsp3) is 0.0769. The van der Waals surface area contributed by atoms with Gasteiger partial charge in [0.25, 0.3) is 0 Å². The summed E-state index contributed by atoms with van der Waals surface area (Å²) in [5.41, 5.74) is 3.55. The van der Waals surface area contributed by atoms with Gasteiger partial charge in [-0.05, 0) is 24.4 Å². The Morgan fingerprint density at radius 3 is 2.89 bits per heavy atom. The Kier molecular flexibility index (Phi) is 2.41. The number of fused-ring (bicyclic) bond motifs is 1. The third-order valence-electron chi connectivity index (χ3n) is 2.96. The van der Waals surface area contributed by atoms with E-state index in [1.165, 1.54) is 4.57 Å². The third-order valence-corrected chi connectivity index (χ3v) is 3.34. The summed E-state index contributed by atoms with van der Waals surface area (Å²) in [7, 11) is 1.72. The Labute approximate surface area is 109 Å². The summed E-state index contributed by atoms with van der Waals surface area (Å²) >= 11 is 5.06. The lowest BCUT2D eigenvalue weighted by molar-refractivity contribution is 0.430. The Balaban J connectivity index is 2.12. The molecule has 4 nitrogen and oxygen atoms in total. The molecule has 1 aliphatic rings. The summed E-state index contributed by atoms with van der Waals surface area (Å²) in [6.45, 7) is 0. The fourth-order valence-corrected chi connectivity index (χ4v) is 2.14. The molecule has 0 spiro atoms.